The highest BCUT2D eigenvalue weighted by molar-refractivity contribution is 7.27. The number of rotatable bonds is 0. The summed E-state index contributed by atoms with van der Waals surface area (Å²) in [6, 6.07) is 3.38. The highest BCUT2D eigenvalue weighted by atomic mass is 31.0. The van der Waals surface area contributed by atoms with Crippen LogP contribution in [0.25, 0.3) is 0 Å². The van der Waals surface area contributed by atoms with Crippen LogP contribution in [-0.2, 0) is 0 Å². The van der Waals surface area contributed by atoms with E-state index in [1.54, 1.807) is 12.1 Å². The minimum absolute atomic E-state index is 0.0699. The van der Waals surface area contributed by atoms with Gasteiger partial charge >= 0.3 is 0 Å². The topological polar surface area (TPSA) is 60.5 Å². The minimum atomic E-state index is -0.661. The number of nitriles is 2. The van der Waals surface area contributed by atoms with Crippen molar-refractivity contribution in [2.75, 3.05) is 0 Å². The van der Waals surface area contributed by atoms with Crippen molar-refractivity contribution in [2.45, 2.75) is 6.92 Å². The maximum Gasteiger partial charge on any atom is 0.177 e. The Bertz CT molecular complexity index is 404. The monoisotopic (exact) mass is 193 g/mol. The first-order valence-electron chi connectivity index (χ1n) is 3.37. The molecule has 0 saturated heterocycles. The summed E-state index contributed by atoms with van der Waals surface area (Å²) in [6.45, 7) is 1.50. The van der Waals surface area contributed by atoms with Crippen molar-refractivity contribution in [1.29, 1.82) is 10.5 Å². The summed E-state index contributed by atoms with van der Waals surface area (Å²) >= 11 is 0. The van der Waals surface area contributed by atoms with E-state index in [9.17, 15) is 4.39 Å². The van der Waals surface area contributed by atoms with Crippen molar-refractivity contribution in [3.05, 3.63) is 22.8 Å². The molecule has 0 saturated carbocycles. The van der Waals surface area contributed by atoms with E-state index in [-0.39, 0.29) is 17.0 Å². The predicted octanol–water partition coefficient (Wildman–Crippen LogP) is 0.773. The van der Waals surface area contributed by atoms with Gasteiger partial charge in [-0.15, -0.1) is 9.24 Å². The van der Waals surface area contributed by atoms with Gasteiger partial charge in [0.05, 0.1) is 0 Å². The smallest absolute Gasteiger partial charge is 0.177 e. The average Bonchev–Trinajstić information content (AvgIpc) is 2.15. The molecule has 0 aliphatic heterocycles. The molecule has 1 heterocycles. The van der Waals surface area contributed by atoms with Crippen molar-refractivity contribution in [3.63, 3.8) is 0 Å². The third kappa shape index (κ3) is 1.49. The Morgan fingerprint density at radius 3 is 2.31 bits per heavy atom. The molecule has 0 amide bonds. The molecular formula is C8H5FN3P. The van der Waals surface area contributed by atoms with E-state index in [1.807, 2.05) is 0 Å². The molecule has 3 nitrogen and oxygen atoms in total. The van der Waals surface area contributed by atoms with Crippen LogP contribution in [0.3, 0.4) is 0 Å². The Kier molecular flexibility index (Phi) is 2.56. The summed E-state index contributed by atoms with van der Waals surface area (Å²) in [7, 11) is 2.23. The maximum absolute atomic E-state index is 13.2. The van der Waals surface area contributed by atoms with Gasteiger partial charge in [-0.1, -0.05) is 0 Å². The van der Waals surface area contributed by atoms with Crippen LogP contribution in [0.2, 0.25) is 0 Å². The number of hydrogen-bond acceptors (Lipinski definition) is 3. The number of aromatic nitrogens is 1. The molecule has 5 heteroatoms. The second kappa shape index (κ2) is 3.47. The summed E-state index contributed by atoms with van der Waals surface area (Å²) in [6.07, 6.45) is 0. The van der Waals surface area contributed by atoms with Gasteiger partial charge in [0.25, 0.3) is 0 Å². The molecule has 1 aromatic heterocycles. The molecule has 64 valence electrons. The standard InChI is InChI=1S/C8H5FN3P/c1-4-7(9)5(2-10)12-6(3-11)8(4)13/h13H2,1H3. The number of pyridine rings is 1. The van der Waals surface area contributed by atoms with Gasteiger partial charge in [0.1, 0.15) is 17.8 Å². The molecule has 1 atom stereocenters. The molecule has 0 spiro atoms. The zero-order valence-electron chi connectivity index (χ0n) is 6.80. The van der Waals surface area contributed by atoms with E-state index in [4.69, 9.17) is 10.5 Å². The number of hydrogen-bond donors (Lipinski definition) is 0. The van der Waals surface area contributed by atoms with Crippen LogP contribution in [0.1, 0.15) is 17.0 Å². The van der Waals surface area contributed by atoms with Gasteiger partial charge in [0.2, 0.25) is 0 Å². The van der Waals surface area contributed by atoms with Crippen LogP contribution in [0.15, 0.2) is 0 Å². The second-order valence-corrected chi connectivity index (χ2v) is 2.96. The van der Waals surface area contributed by atoms with E-state index < -0.39 is 5.82 Å². The third-order valence-electron chi connectivity index (χ3n) is 1.63. The molecule has 0 fully saturated rings. The minimum Gasteiger partial charge on any atom is -0.223 e. The fourth-order valence-corrected chi connectivity index (χ4v) is 1.11. The lowest BCUT2D eigenvalue weighted by atomic mass is 10.2. The number of nitrogens with zero attached hydrogens (tertiary/aromatic N) is 3. The molecule has 0 bridgehead atoms. The van der Waals surface area contributed by atoms with Crippen LogP contribution < -0.4 is 5.30 Å². The fourth-order valence-electron chi connectivity index (χ4n) is 0.854. The van der Waals surface area contributed by atoms with Crippen molar-refractivity contribution >= 4 is 14.5 Å². The van der Waals surface area contributed by atoms with Gasteiger partial charge in [-0.2, -0.15) is 10.5 Å². The van der Waals surface area contributed by atoms with Crippen molar-refractivity contribution in [2.24, 2.45) is 0 Å². The first-order chi connectivity index (χ1) is 6.11. The molecule has 1 unspecified atom stereocenters. The molecule has 1 rings (SSSR count). The Hall–Kier alpha value is -1.51. The van der Waals surface area contributed by atoms with Crippen molar-refractivity contribution < 1.29 is 4.39 Å². The lowest BCUT2D eigenvalue weighted by Gasteiger charge is -2.03. The molecule has 0 aliphatic rings. The van der Waals surface area contributed by atoms with Crippen LogP contribution in [0.4, 0.5) is 4.39 Å². The zero-order valence-corrected chi connectivity index (χ0v) is 7.95. The molecule has 1 aromatic rings. The van der Waals surface area contributed by atoms with Gasteiger partial charge in [0, 0.05) is 5.30 Å². The lowest BCUT2D eigenvalue weighted by molar-refractivity contribution is 0.608. The fraction of sp³-hybridized carbons (Fsp3) is 0.125. The largest absolute Gasteiger partial charge is 0.223 e. The summed E-state index contributed by atoms with van der Waals surface area (Å²) in [5, 5.41) is 17.5. The normalized spacial score (nSPS) is 9.00. The van der Waals surface area contributed by atoms with Crippen LogP contribution in [-0.4, -0.2) is 4.98 Å². The third-order valence-corrected chi connectivity index (χ3v) is 2.34. The molecule has 0 N–H and O–H groups in total. The molecular weight excluding hydrogens is 188 g/mol. The molecule has 0 aromatic carbocycles. The summed E-state index contributed by atoms with van der Waals surface area (Å²) in [5.41, 5.74) is 0.00815. The molecule has 13 heavy (non-hydrogen) atoms. The van der Waals surface area contributed by atoms with E-state index in [1.165, 1.54) is 6.92 Å². The van der Waals surface area contributed by atoms with Gasteiger partial charge < -0.3 is 0 Å². The van der Waals surface area contributed by atoms with Gasteiger partial charge in [-0.25, -0.2) is 9.37 Å². The first kappa shape index (κ1) is 9.58. The second-order valence-electron chi connectivity index (χ2n) is 2.39. The summed E-state index contributed by atoms with van der Waals surface area (Å²) in [4.78, 5) is 3.55. The maximum atomic E-state index is 13.2. The van der Waals surface area contributed by atoms with E-state index >= 15 is 0 Å². The first-order valence-corrected chi connectivity index (χ1v) is 3.95. The van der Waals surface area contributed by atoms with Crippen LogP contribution in [0.5, 0.6) is 0 Å². The average molecular weight is 193 g/mol. The lowest BCUT2D eigenvalue weighted by Crippen LogP contribution is -2.11. The predicted molar refractivity (Wildman–Crippen MR) is 47.7 cm³/mol. The Labute approximate surface area is 77.0 Å². The molecule has 0 aliphatic carbocycles. The number of halogens is 1. The zero-order chi connectivity index (χ0) is 10.0. The van der Waals surface area contributed by atoms with Gasteiger partial charge in [0.15, 0.2) is 11.5 Å². The van der Waals surface area contributed by atoms with E-state index in [0.717, 1.165) is 0 Å². The van der Waals surface area contributed by atoms with Crippen LogP contribution in [0, 0.1) is 35.4 Å². The SMILES string of the molecule is Cc1c(F)c(C#N)nc(C#N)c1P. The van der Waals surface area contributed by atoms with Crippen molar-refractivity contribution in [3.8, 4) is 12.1 Å². The van der Waals surface area contributed by atoms with Gasteiger partial charge in [-0.3, -0.25) is 0 Å². The highest BCUT2D eigenvalue weighted by Gasteiger charge is 2.13. The Balaban J connectivity index is 3.60. The summed E-state index contributed by atoms with van der Waals surface area (Å²) < 4.78 is 13.2. The Morgan fingerprint density at radius 2 is 1.85 bits per heavy atom. The highest BCUT2D eigenvalue weighted by Crippen LogP contribution is 2.11. The summed E-state index contributed by atoms with van der Waals surface area (Å²) in [5.74, 6) is -0.661. The van der Waals surface area contributed by atoms with Crippen molar-refractivity contribution in [1.82, 2.24) is 4.98 Å². The van der Waals surface area contributed by atoms with E-state index in [2.05, 4.69) is 14.2 Å². The Morgan fingerprint density at radius 1 is 1.31 bits per heavy atom. The van der Waals surface area contributed by atoms with E-state index in [0.29, 0.717) is 5.30 Å². The van der Waals surface area contributed by atoms with Crippen LogP contribution >= 0.6 is 9.24 Å². The molecule has 0 radical (unpaired) electrons. The van der Waals surface area contributed by atoms with Gasteiger partial charge in [-0.05, 0) is 12.5 Å². The quantitative estimate of drug-likeness (QED) is 0.572.